The lowest BCUT2D eigenvalue weighted by atomic mass is 9.98. The summed E-state index contributed by atoms with van der Waals surface area (Å²) < 4.78 is 1.15. The second-order valence-corrected chi connectivity index (χ2v) is 5.83. The summed E-state index contributed by atoms with van der Waals surface area (Å²) in [6.07, 6.45) is 0.659. The van der Waals surface area contributed by atoms with Crippen molar-refractivity contribution in [1.29, 1.82) is 0 Å². The van der Waals surface area contributed by atoms with Gasteiger partial charge in [-0.2, -0.15) is 0 Å². The molecule has 1 fully saturated rings. The number of rotatable bonds is 2. The van der Waals surface area contributed by atoms with E-state index in [1.54, 1.807) is 0 Å². The predicted octanol–water partition coefficient (Wildman–Crippen LogP) is 2.79. The fraction of sp³-hybridized carbons (Fsp3) is 0.538. The van der Waals surface area contributed by atoms with Gasteiger partial charge in [0.15, 0.2) is 0 Å². The van der Waals surface area contributed by atoms with E-state index in [4.69, 9.17) is 0 Å². The maximum atomic E-state index is 9.92. The fourth-order valence-electron chi connectivity index (χ4n) is 2.25. The van der Waals surface area contributed by atoms with Crippen LogP contribution in [0.5, 0.6) is 0 Å². The monoisotopic (exact) mass is 283 g/mol. The molecule has 1 N–H and O–H groups in total. The highest BCUT2D eigenvalue weighted by Gasteiger charge is 2.39. The van der Waals surface area contributed by atoms with Crippen molar-refractivity contribution in [3.63, 3.8) is 0 Å². The predicted molar refractivity (Wildman–Crippen MR) is 69.3 cm³/mol. The lowest BCUT2D eigenvalue weighted by Crippen LogP contribution is -2.44. The van der Waals surface area contributed by atoms with Gasteiger partial charge in [0.2, 0.25) is 0 Å². The quantitative estimate of drug-likeness (QED) is 0.902. The van der Waals surface area contributed by atoms with E-state index in [-0.39, 0.29) is 11.6 Å². The zero-order valence-electron chi connectivity index (χ0n) is 9.78. The van der Waals surface area contributed by atoms with Crippen LogP contribution >= 0.6 is 15.9 Å². The smallest absolute Gasteiger partial charge is 0.0730 e. The summed E-state index contributed by atoms with van der Waals surface area (Å²) in [6, 6.07) is 8.27. The summed E-state index contributed by atoms with van der Waals surface area (Å²) in [7, 11) is 0. The molecule has 2 rings (SSSR count). The first-order valence-electron chi connectivity index (χ1n) is 5.68. The topological polar surface area (TPSA) is 23.5 Å². The molecule has 0 aliphatic carbocycles. The Labute approximate surface area is 105 Å². The Morgan fingerprint density at radius 3 is 2.69 bits per heavy atom. The molecule has 88 valence electrons. The van der Waals surface area contributed by atoms with Crippen molar-refractivity contribution in [2.45, 2.75) is 38.5 Å². The molecule has 1 aromatic carbocycles. The van der Waals surface area contributed by atoms with Crippen LogP contribution in [0.25, 0.3) is 0 Å². The molecule has 1 heterocycles. The Hall–Kier alpha value is -0.380. The van der Waals surface area contributed by atoms with Crippen molar-refractivity contribution < 1.29 is 5.11 Å². The number of aliphatic hydroxyl groups is 1. The largest absolute Gasteiger partial charge is 0.391 e. The number of halogens is 1. The van der Waals surface area contributed by atoms with E-state index in [1.165, 1.54) is 5.56 Å². The van der Waals surface area contributed by atoms with E-state index in [1.807, 2.05) is 6.07 Å². The molecular weight excluding hydrogens is 266 g/mol. The number of aliphatic hydroxyl groups excluding tert-OH is 1. The highest BCUT2D eigenvalue weighted by molar-refractivity contribution is 9.10. The molecule has 1 aromatic rings. The summed E-state index contributed by atoms with van der Waals surface area (Å²) in [4.78, 5) is 2.34. The van der Waals surface area contributed by atoms with Crippen LogP contribution in [0.15, 0.2) is 28.7 Å². The molecule has 1 aliphatic heterocycles. The normalized spacial score (nSPS) is 24.9. The zero-order chi connectivity index (χ0) is 11.8. The van der Waals surface area contributed by atoms with Crippen LogP contribution in [0.3, 0.4) is 0 Å². The van der Waals surface area contributed by atoms with Crippen molar-refractivity contribution >= 4 is 15.9 Å². The highest BCUT2D eigenvalue weighted by atomic mass is 79.9. The average molecular weight is 284 g/mol. The summed E-state index contributed by atoms with van der Waals surface area (Å²) in [5.74, 6) is 0. The number of hydrogen-bond donors (Lipinski definition) is 1. The van der Waals surface area contributed by atoms with Crippen LogP contribution < -0.4 is 0 Å². The van der Waals surface area contributed by atoms with E-state index in [9.17, 15) is 5.11 Å². The third kappa shape index (κ3) is 2.17. The minimum atomic E-state index is -0.213. The maximum Gasteiger partial charge on any atom is 0.0730 e. The zero-order valence-corrected chi connectivity index (χ0v) is 11.4. The van der Waals surface area contributed by atoms with Gasteiger partial charge in [0, 0.05) is 23.1 Å². The van der Waals surface area contributed by atoms with Crippen molar-refractivity contribution in [2.24, 2.45) is 0 Å². The van der Waals surface area contributed by atoms with Gasteiger partial charge in [-0.15, -0.1) is 0 Å². The van der Waals surface area contributed by atoms with Crippen LogP contribution in [0.2, 0.25) is 0 Å². The van der Waals surface area contributed by atoms with Crippen molar-refractivity contribution in [3.8, 4) is 0 Å². The van der Waals surface area contributed by atoms with E-state index < -0.39 is 0 Å². The van der Waals surface area contributed by atoms with Gasteiger partial charge in [0.25, 0.3) is 0 Å². The molecule has 1 saturated heterocycles. The molecular formula is C13H18BrNO. The summed E-state index contributed by atoms with van der Waals surface area (Å²) in [5.41, 5.74) is 1.17. The average Bonchev–Trinajstić information content (AvgIpc) is 2.48. The number of hydrogen-bond acceptors (Lipinski definition) is 2. The molecule has 0 spiro atoms. The Balaban J connectivity index is 2.14. The van der Waals surface area contributed by atoms with E-state index in [0.717, 1.165) is 24.0 Å². The molecule has 2 nitrogen and oxygen atoms in total. The maximum absolute atomic E-state index is 9.92. The third-order valence-electron chi connectivity index (χ3n) is 3.62. The first kappa shape index (κ1) is 12.1. The summed E-state index contributed by atoms with van der Waals surface area (Å²) in [6.45, 7) is 6.09. The van der Waals surface area contributed by atoms with Crippen molar-refractivity contribution in [2.75, 3.05) is 6.54 Å². The SMILES string of the molecule is CC1(C)C(O)CCN1Cc1ccccc1Br. The number of likely N-dealkylation sites (tertiary alicyclic amines) is 1. The Kier molecular flexibility index (Phi) is 3.38. The lowest BCUT2D eigenvalue weighted by molar-refractivity contribution is 0.0505. The van der Waals surface area contributed by atoms with Crippen LogP contribution in [0, 0.1) is 0 Å². The first-order chi connectivity index (χ1) is 7.51. The second kappa shape index (κ2) is 4.47. The molecule has 0 bridgehead atoms. The molecule has 0 radical (unpaired) electrons. The highest BCUT2D eigenvalue weighted by Crippen LogP contribution is 2.31. The van der Waals surface area contributed by atoms with Gasteiger partial charge in [0.1, 0.15) is 0 Å². The van der Waals surface area contributed by atoms with Crippen molar-refractivity contribution in [1.82, 2.24) is 4.90 Å². The van der Waals surface area contributed by atoms with Crippen LogP contribution in [-0.2, 0) is 6.54 Å². The van der Waals surface area contributed by atoms with Crippen LogP contribution in [0.4, 0.5) is 0 Å². The standard InChI is InChI=1S/C13H18BrNO/c1-13(2)12(16)7-8-15(13)9-10-5-3-4-6-11(10)14/h3-6,12,16H,7-9H2,1-2H3. The minimum absolute atomic E-state index is 0.116. The molecule has 0 saturated carbocycles. The van der Waals surface area contributed by atoms with Crippen LogP contribution in [0.1, 0.15) is 25.8 Å². The molecule has 1 aliphatic rings. The molecule has 16 heavy (non-hydrogen) atoms. The second-order valence-electron chi connectivity index (χ2n) is 4.97. The fourth-order valence-corrected chi connectivity index (χ4v) is 2.66. The number of benzene rings is 1. The Bertz CT molecular complexity index is 378. The van der Waals surface area contributed by atoms with E-state index >= 15 is 0 Å². The van der Waals surface area contributed by atoms with Gasteiger partial charge in [-0.25, -0.2) is 0 Å². The van der Waals surface area contributed by atoms with Gasteiger partial charge >= 0.3 is 0 Å². The van der Waals surface area contributed by atoms with Gasteiger partial charge in [-0.3, -0.25) is 4.90 Å². The Morgan fingerprint density at radius 2 is 2.12 bits per heavy atom. The van der Waals surface area contributed by atoms with E-state index in [0.29, 0.717) is 0 Å². The van der Waals surface area contributed by atoms with Gasteiger partial charge in [-0.1, -0.05) is 34.1 Å². The van der Waals surface area contributed by atoms with Crippen LogP contribution in [-0.4, -0.2) is 28.2 Å². The molecule has 1 atom stereocenters. The van der Waals surface area contributed by atoms with Crippen molar-refractivity contribution in [3.05, 3.63) is 34.3 Å². The lowest BCUT2D eigenvalue weighted by Gasteiger charge is -2.34. The third-order valence-corrected chi connectivity index (χ3v) is 4.40. The molecule has 0 aromatic heterocycles. The van der Waals surface area contributed by atoms with Gasteiger partial charge in [-0.05, 0) is 31.9 Å². The minimum Gasteiger partial charge on any atom is -0.391 e. The molecule has 0 amide bonds. The van der Waals surface area contributed by atoms with Gasteiger partial charge < -0.3 is 5.11 Å². The van der Waals surface area contributed by atoms with E-state index in [2.05, 4.69) is 52.9 Å². The summed E-state index contributed by atoms with van der Waals surface area (Å²) >= 11 is 3.57. The summed E-state index contributed by atoms with van der Waals surface area (Å²) in [5, 5.41) is 9.92. The first-order valence-corrected chi connectivity index (χ1v) is 6.47. The number of nitrogens with zero attached hydrogens (tertiary/aromatic N) is 1. The Morgan fingerprint density at radius 1 is 1.44 bits per heavy atom. The van der Waals surface area contributed by atoms with Gasteiger partial charge in [0.05, 0.1) is 6.10 Å². The molecule has 1 unspecified atom stereocenters. The molecule has 3 heteroatoms.